The quantitative estimate of drug-likeness (QED) is 0.376. The molecule has 1 atom stereocenters. The van der Waals surface area contributed by atoms with Crippen molar-refractivity contribution in [1.29, 1.82) is 0 Å². The number of thiazole rings is 1. The maximum Gasteiger partial charge on any atom is 0.138 e. The van der Waals surface area contributed by atoms with Crippen LogP contribution in [-0.2, 0) is 16.1 Å². The van der Waals surface area contributed by atoms with Crippen molar-refractivity contribution in [3.8, 4) is 27.4 Å². The minimum absolute atomic E-state index is 0.508. The summed E-state index contributed by atoms with van der Waals surface area (Å²) >= 11 is 1.66. The van der Waals surface area contributed by atoms with Crippen LogP contribution in [0.4, 0.5) is 5.82 Å². The topological polar surface area (TPSA) is 64.1 Å². The summed E-state index contributed by atoms with van der Waals surface area (Å²) in [5.74, 6) is 5.20. The highest BCUT2D eigenvalue weighted by Crippen LogP contribution is 2.38. The predicted molar refractivity (Wildman–Crippen MR) is 130 cm³/mol. The van der Waals surface area contributed by atoms with Crippen molar-refractivity contribution < 1.29 is 8.95 Å². The number of aryl methyl sites for hydroxylation is 1. The molecule has 0 saturated carbocycles. The number of nitrogens with one attached hydrogen (secondary N) is 1. The Kier molecular flexibility index (Phi) is 6.06. The summed E-state index contributed by atoms with van der Waals surface area (Å²) in [7, 11) is -1.07. The van der Waals surface area contributed by atoms with Gasteiger partial charge in [-0.15, -0.1) is 11.3 Å². The Morgan fingerprint density at radius 1 is 1.06 bits per heavy atom. The van der Waals surface area contributed by atoms with Crippen molar-refractivity contribution in [2.24, 2.45) is 0 Å². The second-order valence-electron chi connectivity index (χ2n) is 6.89. The van der Waals surface area contributed by atoms with Crippen molar-refractivity contribution in [2.75, 3.05) is 11.8 Å². The van der Waals surface area contributed by atoms with E-state index in [2.05, 4.69) is 22.5 Å². The molecular weight excluding hydrogens is 426 g/mol. The molecule has 4 aromatic rings. The van der Waals surface area contributed by atoms with Gasteiger partial charge in [-0.3, -0.25) is 4.72 Å². The Morgan fingerprint density at radius 2 is 1.81 bits per heavy atom. The molecule has 0 saturated heterocycles. The minimum Gasteiger partial charge on any atom is -0.497 e. The molecule has 0 aliphatic carbocycles. The van der Waals surface area contributed by atoms with E-state index >= 15 is 0 Å². The summed E-state index contributed by atoms with van der Waals surface area (Å²) < 4.78 is 21.4. The lowest BCUT2D eigenvalue weighted by Crippen LogP contribution is -2.13. The smallest absolute Gasteiger partial charge is 0.138 e. The fourth-order valence-electron chi connectivity index (χ4n) is 3.15. The zero-order valence-corrected chi connectivity index (χ0v) is 19.0. The number of methoxy groups -OCH3 is 1. The van der Waals surface area contributed by atoms with Gasteiger partial charge in [-0.05, 0) is 66.4 Å². The second kappa shape index (κ2) is 8.91. The summed E-state index contributed by atoms with van der Waals surface area (Å²) in [6, 6.07) is 20.9. The van der Waals surface area contributed by atoms with E-state index in [1.807, 2.05) is 54.6 Å². The fourth-order valence-corrected chi connectivity index (χ4v) is 5.34. The largest absolute Gasteiger partial charge is 0.497 e. The number of pyridine rings is 1. The summed E-state index contributed by atoms with van der Waals surface area (Å²) in [5, 5.41) is 1.05. The van der Waals surface area contributed by atoms with Gasteiger partial charge in [0.05, 0.1) is 32.4 Å². The molecule has 1 unspecified atom stereocenters. The van der Waals surface area contributed by atoms with Crippen LogP contribution < -0.4 is 9.46 Å². The van der Waals surface area contributed by atoms with E-state index in [1.165, 1.54) is 0 Å². The molecule has 0 aliphatic rings. The number of benzene rings is 2. The molecule has 0 spiro atoms. The first kappa shape index (κ1) is 21.1. The normalized spacial score (nSPS) is 12.8. The lowest BCUT2D eigenvalue weighted by Gasteiger charge is -2.13. The first-order valence-electron chi connectivity index (χ1n) is 9.81. The molecule has 1 N–H and O–H groups in total. The molecule has 0 radical (unpaired) electrons. The third-order valence-electron chi connectivity index (χ3n) is 4.75. The lowest BCUT2D eigenvalue weighted by molar-refractivity contribution is 0.415. The van der Waals surface area contributed by atoms with Crippen molar-refractivity contribution in [2.45, 2.75) is 18.2 Å². The average Bonchev–Trinajstić information content (AvgIpc) is 3.24. The van der Waals surface area contributed by atoms with Crippen LogP contribution in [0.5, 0.6) is 5.75 Å². The molecule has 2 heterocycles. The van der Waals surface area contributed by atoms with Gasteiger partial charge in [0, 0.05) is 16.7 Å². The van der Waals surface area contributed by atoms with E-state index in [1.54, 1.807) is 36.8 Å². The van der Waals surface area contributed by atoms with Crippen molar-refractivity contribution in [1.82, 2.24) is 9.97 Å². The standard InChI is InChI=1S/C24H23N3O2S2/c1-4-22-26-23(17-10-12-19(29-2)13-11-17)24(30-22)18-14-15-25-21(16-18)27-31(3,28)20-8-6-5-7-9-20/h5-16H,3-4H2,1-2H3,(H,25,27,28). The van der Waals surface area contributed by atoms with E-state index in [0.717, 1.165) is 38.9 Å². The van der Waals surface area contributed by atoms with Crippen LogP contribution in [-0.4, -0.2) is 27.2 Å². The fraction of sp³-hybridized carbons (Fsp3) is 0.125. The predicted octanol–water partition coefficient (Wildman–Crippen LogP) is 5.55. The molecule has 7 heteroatoms. The third-order valence-corrected chi connectivity index (χ3v) is 7.57. The van der Waals surface area contributed by atoms with Gasteiger partial charge < -0.3 is 4.74 Å². The minimum atomic E-state index is -2.72. The van der Waals surface area contributed by atoms with Crippen LogP contribution >= 0.6 is 11.3 Å². The summed E-state index contributed by atoms with van der Waals surface area (Å²) in [4.78, 5) is 10.9. The molecule has 0 amide bonds. The second-order valence-corrected chi connectivity index (χ2v) is 10.00. The molecule has 4 rings (SSSR count). The number of aromatic nitrogens is 2. The van der Waals surface area contributed by atoms with Crippen molar-refractivity contribution >= 4 is 32.7 Å². The Hall–Kier alpha value is -3.16. The molecule has 0 bridgehead atoms. The summed E-state index contributed by atoms with van der Waals surface area (Å²) in [6.45, 7) is 2.09. The van der Waals surface area contributed by atoms with Crippen LogP contribution in [0, 0.1) is 0 Å². The van der Waals surface area contributed by atoms with E-state index in [4.69, 9.17) is 9.72 Å². The first-order valence-corrected chi connectivity index (χ1v) is 12.3. The number of hydrogen-bond donors (Lipinski definition) is 1. The van der Waals surface area contributed by atoms with Gasteiger partial charge in [0.25, 0.3) is 0 Å². The molecule has 0 aliphatic heterocycles. The molecular formula is C24H23N3O2S2. The lowest BCUT2D eigenvalue weighted by atomic mass is 10.1. The number of hydrogen-bond acceptors (Lipinski definition) is 5. The van der Waals surface area contributed by atoms with Gasteiger partial charge in [-0.2, -0.15) is 0 Å². The van der Waals surface area contributed by atoms with Gasteiger partial charge in [0.2, 0.25) is 0 Å². The van der Waals surface area contributed by atoms with Crippen LogP contribution in [0.25, 0.3) is 21.7 Å². The van der Waals surface area contributed by atoms with Crippen LogP contribution in [0.2, 0.25) is 0 Å². The monoisotopic (exact) mass is 449 g/mol. The average molecular weight is 450 g/mol. The first-order chi connectivity index (χ1) is 15.0. The Morgan fingerprint density at radius 3 is 2.48 bits per heavy atom. The highest BCUT2D eigenvalue weighted by atomic mass is 32.2. The van der Waals surface area contributed by atoms with Crippen molar-refractivity contribution in [3.63, 3.8) is 0 Å². The van der Waals surface area contributed by atoms with Gasteiger partial charge in [0.1, 0.15) is 11.6 Å². The number of rotatable bonds is 7. The zero-order chi connectivity index (χ0) is 21.8. The highest BCUT2D eigenvalue weighted by molar-refractivity contribution is 8.01. The maximum atomic E-state index is 13.1. The molecule has 0 fully saturated rings. The van der Waals surface area contributed by atoms with Gasteiger partial charge in [0.15, 0.2) is 0 Å². The van der Waals surface area contributed by atoms with E-state index in [-0.39, 0.29) is 0 Å². The Balaban J connectivity index is 1.71. The summed E-state index contributed by atoms with van der Waals surface area (Å²) in [5.41, 5.74) is 2.90. The molecule has 158 valence electrons. The number of nitrogens with zero attached hydrogens (tertiary/aromatic N) is 2. The van der Waals surface area contributed by atoms with Gasteiger partial charge in [-0.1, -0.05) is 25.1 Å². The molecule has 31 heavy (non-hydrogen) atoms. The Bertz CT molecular complexity index is 1280. The van der Waals surface area contributed by atoms with Gasteiger partial charge >= 0.3 is 0 Å². The van der Waals surface area contributed by atoms with Crippen LogP contribution in [0.15, 0.2) is 77.8 Å². The van der Waals surface area contributed by atoms with Gasteiger partial charge in [-0.25, -0.2) is 14.2 Å². The van der Waals surface area contributed by atoms with Crippen LogP contribution in [0.3, 0.4) is 0 Å². The SMILES string of the molecule is C=S(=O)(Nc1cc(-c2sc(CC)nc2-c2ccc(OC)cc2)ccn1)c1ccccc1. The van der Waals surface area contributed by atoms with E-state index < -0.39 is 9.71 Å². The van der Waals surface area contributed by atoms with Crippen molar-refractivity contribution in [3.05, 3.63) is 77.9 Å². The highest BCUT2D eigenvalue weighted by Gasteiger charge is 2.16. The third kappa shape index (κ3) is 4.62. The molecule has 5 nitrogen and oxygen atoms in total. The van der Waals surface area contributed by atoms with E-state index in [0.29, 0.717) is 10.7 Å². The molecule has 2 aromatic heterocycles. The van der Waals surface area contributed by atoms with Crippen LogP contribution in [0.1, 0.15) is 11.9 Å². The zero-order valence-electron chi connectivity index (χ0n) is 17.4. The number of anilines is 1. The van der Waals surface area contributed by atoms with E-state index in [9.17, 15) is 4.21 Å². The summed E-state index contributed by atoms with van der Waals surface area (Å²) in [6.07, 6.45) is 2.56. The Labute approximate surface area is 186 Å². The maximum absolute atomic E-state index is 13.1. The number of ether oxygens (including phenoxy) is 1. The molecule has 2 aromatic carbocycles.